The molecule has 0 spiro atoms. The first kappa shape index (κ1) is 16.5. The summed E-state index contributed by atoms with van der Waals surface area (Å²) in [5.74, 6) is 1.13. The number of rotatable bonds is 4. The van der Waals surface area contributed by atoms with Gasteiger partial charge in [0.1, 0.15) is 6.10 Å². The Hall–Kier alpha value is -0.830. The molecule has 0 amide bonds. The van der Waals surface area contributed by atoms with Crippen molar-refractivity contribution in [3.05, 3.63) is 12.7 Å². The van der Waals surface area contributed by atoms with Crippen molar-refractivity contribution in [1.82, 2.24) is 0 Å². The smallest absolute Gasteiger partial charge is 0.330 e. The molecule has 2 aliphatic rings. The van der Waals surface area contributed by atoms with Gasteiger partial charge in [0.15, 0.2) is 0 Å². The van der Waals surface area contributed by atoms with E-state index in [0.717, 1.165) is 57.3 Å². The molecule has 0 aliphatic heterocycles. The SMILES string of the molecule is C=CC(=O)OC1CCC(C(C)(C)C2CCC(O)CC2)CC1. The summed E-state index contributed by atoms with van der Waals surface area (Å²) in [7, 11) is 0. The van der Waals surface area contributed by atoms with Gasteiger partial charge in [-0.05, 0) is 68.6 Å². The number of hydrogen-bond acceptors (Lipinski definition) is 3. The summed E-state index contributed by atoms with van der Waals surface area (Å²) in [4.78, 5) is 11.3. The van der Waals surface area contributed by atoms with Crippen molar-refractivity contribution in [3.8, 4) is 0 Å². The molecule has 2 aliphatic carbocycles. The van der Waals surface area contributed by atoms with Crippen molar-refractivity contribution in [2.75, 3.05) is 0 Å². The normalized spacial score (nSPS) is 34.2. The highest BCUT2D eigenvalue weighted by Gasteiger charge is 2.40. The lowest BCUT2D eigenvalue weighted by atomic mass is 9.60. The van der Waals surface area contributed by atoms with Gasteiger partial charge in [0, 0.05) is 6.08 Å². The van der Waals surface area contributed by atoms with Crippen LogP contribution in [0.3, 0.4) is 0 Å². The van der Waals surface area contributed by atoms with Crippen LogP contribution in [0.15, 0.2) is 12.7 Å². The van der Waals surface area contributed by atoms with Gasteiger partial charge in [0.2, 0.25) is 0 Å². The van der Waals surface area contributed by atoms with Crippen LogP contribution in [0.4, 0.5) is 0 Å². The third-order valence-electron chi connectivity index (χ3n) is 5.92. The molecular weight excluding hydrogens is 264 g/mol. The van der Waals surface area contributed by atoms with Crippen molar-refractivity contribution >= 4 is 5.97 Å². The second-order valence-electron chi connectivity index (χ2n) is 7.44. The first-order chi connectivity index (χ1) is 9.93. The third-order valence-corrected chi connectivity index (χ3v) is 5.92. The average molecular weight is 294 g/mol. The van der Waals surface area contributed by atoms with Crippen LogP contribution in [0.1, 0.15) is 65.2 Å². The Morgan fingerprint density at radius 2 is 1.52 bits per heavy atom. The van der Waals surface area contributed by atoms with Crippen molar-refractivity contribution < 1.29 is 14.6 Å². The van der Waals surface area contributed by atoms with Crippen LogP contribution < -0.4 is 0 Å². The fraction of sp³-hybridized carbons (Fsp3) is 0.833. The van der Waals surface area contributed by atoms with E-state index in [1.165, 1.54) is 6.08 Å². The summed E-state index contributed by atoms with van der Waals surface area (Å²) < 4.78 is 5.37. The zero-order valence-corrected chi connectivity index (χ0v) is 13.5. The maximum atomic E-state index is 11.3. The number of esters is 1. The van der Waals surface area contributed by atoms with Crippen molar-refractivity contribution in [2.24, 2.45) is 17.3 Å². The van der Waals surface area contributed by atoms with Crippen molar-refractivity contribution in [1.29, 1.82) is 0 Å². The van der Waals surface area contributed by atoms with Crippen LogP contribution in [-0.2, 0) is 9.53 Å². The first-order valence-electron chi connectivity index (χ1n) is 8.44. The third kappa shape index (κ3) is 4.09. The molecule has 0 aromatic carbocycles. The standard InChI is InChI=1S/C18H30O3/c1-4-17(20)21-16-11-7-14(8-12-16)18(2,3)13-5-9-15(19)10-6-13/h4,13-16,19H,1,5-12H2,2-3H3. The van der Waals surface area contributed by atoms with E-state index in [0.29, 0.717) is 11.3 Å². The molecule has 1 N–H and O–H groups in total. The molecule has 2 fully saturated rings. The Bertz CT molecular complexity index is 359. The van der Waals surface area contributed by atoms with Gasteiger partial charge in [-0.1, -0.05) is 20.4 Å². The van der Waals surface area contributed by atoms with Crippen LogP contribution in [0.2, 0.25) is 0 Å². The fourth-order valence-electron chi connectivity index (χ4n) is 4.29. The number of ether oxygens (including phenoxy) is 1. The number of carbonyl (C=O) groups is 1. The predicted molar refractivity (Wildman–Crippen MR) is 83.8 cm³/mol. The monoisotopic (exact) mass is 294 g/mol. The quantitative estimate of drug-likeness (QED) is 0.633. The maximum absolute atomic E-state index is 11.3. The van der Waals surface area contributed by atoms with E-state index in [9.17, 15) is 9.90 Å². The molecule has 2 rings (SSSR count). The molecule has 2 saturated carbocycles. The van der Waals surface area contributed by atoms with Crippen LogP contribution in [0.5, 0.6) is 0 Å². The number of aliphatic hydroxyl groups is 1. The summed E-state index contributed by atoms with van der Waals surface area (Å²) >= 11 is 0. The van der Waals surface area contributed by atoms with Gasteiger partial charge in [-0.25, -0.2) is 4.79 Å². The Labute approximate surface area is 128 Å². The summed E-state index contributed by atoms with van der Waals surface area (Å²) in [6, 6.07) is 0. The zero-order chi connectivity index (χ0) is 15.5. The van der Waals surface area contributed by atoms with Gasteiger partial charge >= 0.3 is 5.97 Å². The molecule has 0 aromatic rings. The molecule has 0 unspecified atom stereocenters. The van der Waals surface area contributed by atoms with Crippen molar-refractivity contribution in [2.45, 2.75) is 77.4 Å². The lowest BCUT2D eigenvalue weighted by Crippen LogP contribution is -2.39. The summed E-state index contributed by atoms with van der Waals surface area (Å²) in [6.07, 6.45) is 9.71. The molecule has 3 heteroatoms. The summed E-state index contributed by atoms with van der Waals surface area (Å²) in [5, 5.41) is 9.69. The first-order valence-corrected chi connectivity index (χ1v) is 8.44. The number of hydrogen-bond donors (Lipinski definition) is 1. The van der Waals surface area contributed by atoms with E-state index >= 15 is 0 Å². The highest BCUT2D eigenvalue weighted by Crippen LogP contribution is 2.48. The second-order valence-corrected chi connectivity index (χ2v) is 7.44. The fourth-order valence-corrected chi connectivity index (χ4v) is 4.29. The molecule has 0 saturated heterocycles. The van der Waals surface area contributed by atoms with Crippen LogP contribution in [0, 0.1) is 17.3 Å². The number of carbonyl (C=O) groups excluding carboxylic acids is 1. The molecule has 120 valence electrons. The minimum atomic E-state index is -0.293. The molecular formula is C18H30O3. The van der Waals surface area contributed by atoms with Gasteiger partial charge < -0.3 is 9.84 Å². The Morgan fingerprint density at radius 3 is 2.00 bits per heavy atom. The largest absolute Gasteiger partial charge is 0.459 e. The van der Waals surface area contributed by atoms with E-state index in [1.807, 2.05) is 0 Å². The van der Waals surface area contributed by atoms with Crippen LogP contribution in [-0.4, -0.2) is 23.3 Å². The van der Waals surface area contributed by atoms with Crippen LogP contribution in [0.25, 0.3) is 0 Å². The minimum Gasteiger partial charge on any atom is -0.459 e. The van der Waals surface area contributed by atoms with E-state index < -0.39 is 0 Å². The van der Waals surface area contributed by atoms with E-state index in [1.54, 1.807) is 0 Å². The second kappa shape index (κ2) is 6.95. The van der Waals surface area contributed by atoms with Gasteiger partial charge in [-0.3, -0.25) is 0 Å². The van der Waals surface area contributed by atoms with Crippen LogP contribution >= 0.6 is 0 Å². The topological polar surface area (TPSA) is 46.5 Å². The van der Waals surface area contributed by atoms with Gasteiger partial charge in [0.05, 0.1) is 6.10 Å². The number of aliphatic hydroxyl groups excluding tert-OH is 1. The maximum Gasteiger partial charge on any atom is 0.330 e. The highest BCUT2D eigenvalue weighted by molar-refractivity contribution is 5.81. The lowest BCUT2D eigenvalue weighted by molar-refractivity contribution is -0.145. The average Bonchev–Trinajstić information content (AvgIpc) is 2.48. The van der Waals surface area contributed by atoms with E-state index in [4.69, 9.17) is 4.74 Å². The van der Waals surface area contributed by atoms with E-state index in [-0.39, 0.29) is 18.2 Å². The summed E-state index contributed by atoms with van der Waals surface area (Å²) in [5.41, 5.74) is 0.327. The van der Waals surface area contributed by atoms with Crippen molar-refractivity contribution in [3.63, 3.8) is 0 Å². The van der Waals surface area contributed by atoms with Gasteiger partial charge in [0.25, 0.3) is 0 Å². The molecule has 21 heavy (non-hydrogen) atoms. The molecule has 0 aromatic heterocycles. The molecule has 0 heterocycles. The Morgan fingerprint density at radius 1 is 1.05 bits per heavy atom. The predicted octanol–water partition coefficient (Wildman–Crippen LogP) is 3.85. The van der Waals surface area contributed by atoms with E-state index in [2.05, 4.69) is 20.4 Å². The Balaban J connectivity index is 1.85. The molecule has 0 radical (unpaired) electrons. The van der Waals surface area contributed by atoms with Gasteiger partial charge in [-0.2, -0.15) is 0 Å². The molecule has 0 bridgehead atoms. The Kier molecular flexibility index (Phi) is 5.48. The lowest BCUT2D eigenvalue weighted by Gasteiger charge is -2.46. The molecule has 3 nitrogen and oxygen atoms in total. The highest BCUT2D eigenvalue weighted by atomic mass is 16.5. The molecule has 0 atom stereocenters. The zero-order valence-electron chi connectivity index (χ0n) is 13.5. The van der Waals surface area contributed by atoms with Gasteiger partial charge in [-0.15, -0.1) is 0 Å². The summed E-state index contributed by atoms with van der Waals surface area (Å²) in [6.45, 7) is 8.25. The minimum absolute atomic E-state index is 0.0777.